The van der Waals surface area contributed by atoms with Crippen LogP contribution in [0.1, 0.15) is 17.4 Å². The number of nitrogens with zero attached hydrogens (tertiary/aromatic N) is 2. The van der Waals surface area contributed by atoms with Gasteiger partial charge in [0.25, 0.3) is 0 Å². The van der Waals surface area contributed by atoms with Crippen LogP contribution in [-0.2, 0) is 4.74 Å². The highest BCUT2D eigenvalue weighted by Crippen LogP contribution is 2.29. The molecule has 0 bridgehead atoms. The Kier molecular flexibility index (Phi) is 3.81. The second-order valence-corrected chi connectivity index (χ2v) is 4.97. The molecule has 4 nitrogen and oxygen atoms in total. The molecule has 6 heteroatoms. The van der Waals surface area contributed by atoms with Crippen LogP contribution in [0.25, 0.3) is 16.9 Å². The number of carbonyl (C=O) groups excluding carboxylic acids is 1. The van der Waals surface area contributed by atoms with Crippen molar-refractivity contribution in [3.63, 3.8) is 0 Å². The second kappa shape index (κ2) is 5.77. The van der Waals surface area contributed by atoms with Crippen molar-refractivity contribution in [2.24, 2.45) is 0 Å². The Bertz CT molecular complexity index is 860. The Morgan fingerprint density at radius 2 is 2.09 bits per heavy atom. The Morgan fingerprint density at radius 3 is 2.82 bits per heavy atom. The maximum Gasteiger partial charge on any atom is 0.359 e. The Labute approximate surface area is 131 Å². The Hall–Kier alpha value is -2.40. The van der Waals surface area contributed by atoms with Gasteiger partial charge < -0.3 is 4.74 Å². The third kappa shape index (κ3) is 2.44. The Balaban J connectivity index is 2.33. The number of hydrogen-bond donors (Lipinski definition) is 0. The van der Waals surface area contributed by atoms with E-state index in [1.54, 1.807) is 41.7 Å². The number of esters is 1. The summed E-state index contributed by atoms with van der Waals surface area (Å²) in [5.41, 5.74) is 1.53. The molecule has 0 saturated heterocycles. The van der Waals surface area contributed by atoms with Crippen LogP contribution in [0.4, 0.5) is 4.39 Å². The molecule has 0 atom stereocenters. The van der Waals surface area contributed by atoms with Crippen LogP contribution in [0.5, 0.6) is 0 Å². The summed E-state index contributed by atoms with van der Waals surface area (Å²) < 4.78 is 20.2. The van der Waals surface area contributed by atoms with Gasteiger partial charge in [0.1, 0.15) is 16.6 Å². The number of carbonyl (C=O) groups is 1. The van der Waals surface area contributed by atoms with E-state index in [2.05, 4.69) is 4.98 Å². The average molecular weight is 319 g/mol. The molecule has 0 unspecified atom stereocenters. The molecule has 0 aliphatic rings. The summed E-state index contributed by atoms with van der Waals surface area (Å²) in [4.78, 5) is 16.4. The minimum Gasteiger partial charge on any atom is -0.461 e. The van der Waals surface area contributed by atoms with Gasteiger partial charge in [-0.2, -0.15) is 0 Å². The van der Waals surface area contributed by atoms with E-state index in [-0.39, 0.29) is 12.3 Å². The first kappa shape index (κ1) is 14.5. The van der Waals surface area contributed by atoms with Gasteiger partial charge in [-0.25, -0.2) is 14.2 Å². The van der Waals surface area contributed by atoms with Crippen molar-refractivity contribution in [1.29, 1.82) is 0 Å². The van der Waals surface area contributed by atoms with Gasteiger partial charge >= 0.3 is 5.97 Å². The minimum atomic E-state index is -0.568. The third-order valence-electron chi connectivity index (χ3n) is 3.16. The van der Waals surface area contributed by atoms with E-state index >= 15 is 0 Å². The summed E-state index contributed by atoms with van der Waals surface area (Å²) in [6.07, 6.45) is 0. The molecule has 112 valence electrons. The van der Waals surface area contributed by atoms with Crippen molar-refractivity contribution in [3.8, 4) is 11.3 Å². The zero-order valence-corrected chi connectivity index (χ0v) is 12.5. The minimum absolute atomic E-state index is 0.112. The maximum absolute atomic E-state index is 13.6. The standard InChI is InChI=1S/C16H12ClFN2O2/c1-2-22-16(21)14-15(10-5-3-6-11(18)9-10)20-12(17)7-4-8-13(20)19-14/h3-9H,2H2,1H3. The van der Waals surface area contributed by atoms with Crippen LogP contribution in [0, 0.1) is 5.82 Å². The lowest BCUT2D eigenvalue weighted by molar-refractivity contribution is 0.0521. The third-order valence-corrected chi connectivity index (χ3v) is 3.46. The van der Waals surface area contributed by atoms with Crippen molar-refractivity contribution < 1.29 is 13.9 Å². The molecule has 0 N–H and O–H groups in total. The van der Waals surface area contributed by atoms with Crippen LogP contribution < -0.4 is 0 Å². The quantitative estimate of drug-likeness (QED) is 0.542. The van der Waals surface area contributed by atoms with E-state index in [0.717, 1.165) is 0 Å². The normalized spacial score (nSPS) is 10.9. The van der Waals surface area contributed by atoms with E-state index < -0.39 is 11.8 Å². The fraction of sp³-hybridized carbons (Fsp3) is 0.125. The monoisotopic (exact) mass is 318 g/mol. The smallest absolute Gasteiger partial charge is 0.359 e. The number of aromatic nitrogens is 2. The lowest BCUT2D eigenvalue weighted by atomic mass is 10.1. The van der Waals surface area contributed by atoms with Crippen molar-refractivity contribution in [1.82, 2.24) is 9.38 Å². The molecule has 1 aromatic carbocycles. The number of ether oxygens (including phenoxy) is 1. The zero-order valence-electron chi connectivity index (χ0n) is 11.7. The van der Waals surface area contributed by atoms with Gasteiger partial charge in [0, 0.05) is 5.56 Å². The number of fused-ring (bicyclic) bond motifs is 1. The maximum atomic E-state index is 13.6. The molecule has 0 amide bonds. The summed E-state index contributed by atoms with van der Waals surface area (Å²) >= 11 is 6.22. The summed E-state index contributed by atoms with van der Waals surface area (Å²) in [5, 5.41) is 0.375. The molecule has 0 fully saturated rings. The highest BCUT2D eigenvalue weighted by atomic mass is 35.5. The molecule has 3 rings (SSSR count). The number of hydrogen-bond acceptors (Lipinski definition) is 3. The average Bonchev–Trinajstić information content (AvgIpc) is 2.88. The van der Waals surface area contributed by atoms with Crippen LogP contribution in [0.2, 0.25) is 5.15 Å². The molecule has 0 aliphatic carbocycles. The second-order valence-electron chi connectivity index (χ2n) is 4.58. The van der Waals surface area contributed by atoms with Gasteiger partial charge in [-0.05, 0) is 31.2 Å². The first-order chi connectivity index (χ1) is 10.6. The van der Waals surface area contributed by atoms with Crippen LogP contribution >= 0.6 is 11.6 Å². The highest BCUT2D eigenvalue weighted by Gasteiger charge is 2.22. The molecule has 3 aromatic rings. The molecule has 2 heterocycles. The summed E-state index contributed by atoms with van der Waals surface area (Å²) in [5.74, 6) is -0.976. The van der Waals surface area contributed by atoms with Crippen LogP contribution in [0.3, 0.4) is 0 Å². The summed E-state index contributed by atoms with van der Waals surface area (Å²) in [6.45, 7) is 1.94. The first-order valence-electron chi connectivity index (χ1n) is 6.72. The van der Waals surface area contributed by atoms with E-state index in [1.807, 2.05) is 0 Å². The molecular weight excluding hydrogens is 307 g/mol. The van der Waals surface area contributed by atoms with Gasteiger partial charge in [-0.3, -0.25) is 4.40 Å². The van der Waals surface area contributed by atoms with Gasteiger partial charge in [0.15, 0.2) is 5.69 Å². The van der Waals surface area contributed by atoms with Crippen molar-refractivity contribution in [2.75, 3.05) is 6.61 Å². The summed E-state index contributed by atoms with van der Waals surface area (Å²) in [6, 6.07) is 11.0. The van der Waals surface area contributed by atoms with Crippen molar-refractivity contribution in [2.45, 2.75) is 6.92 Å². The number of halogens is 2. The van der Waals surface area contributed by atoms with Gasteiger partial charge in [-0.15, -0.1) is 0 Å². The molecule has 0 saturated carbocycles. The lowest BCUT2D eigenvalue weighted by Crippen LogP contribution is -2.07. The van der Waals surface area contributed by atoms with E-state index in [1.165, 1.54) is 12.1 Å². The van der Waals surface area contributed by atoms with Gasteiger partial charge in [-0.1, -0.05) is 29.8 Å². The molecule has 0 radical (unpaired) electrons. The summed E-state index contributed by atoms with van der Waals surface area (Å²) in [7, 11) is 0. The number of benzene rings is 1. The number of pyridine rings is 1. The van der Waals surface area contributed by atoms with Crippen LogP contribution in [0.15, 0.2) is 42.5 Å². The van der Waals surface area contributed by atoms with E-state index in [0.29, 0.717) is 22.1 Å². The molecule has 2 aromatic heterocycles. The molecule has 0 spiro atoms. The predicted molar refractivity (Wildman–Crippen MR) is 81.6 cm³/mol. The molecule has 22 heavy (non-hydrogen) atoms. The Morgan fingerprint density at radius 1 is 1.32 bits per heavy atom. The van der Waals surface area contributed by atoms with E-state index in [4.69, 9.17) is 16.3 Å². The molecule has 0 aliphatic heterocycles. The van der Waals surface area contributed by atoms with Gasteiger partial charge in [0.2, 0.25) is 0 Å². The molecular formula is C16H12ClFN2O2. The largest absolute Gasteiger partial charge is 0.461 e. The zero-order chi connectivity index (χ0) is 15.7. The van der Waals surface area contributed by atoms with E-state index in [9.17, 15) is 9.18 Å². The SMILES string of the molecule is CCOC(=O)c1nc2cccc(Cl)n2c1-c1cccc(F)c1. The van der Waals surface area contributed by atoms with Crippen molar-refractivity contribution in [3.05, 3.63) is 59.1 Å². The lowest BCUT2D eigenvalue weighted by Gasteiger charge is -2.06. The van der Waals surface area contributed by atoms with Crippen LogP contribution in [-0.4, -0.2) is 22.0 Å². The first-order valence-corrected chi connectivity index (χ1v) is 7.09. The van der Waals surface area contributed by atoms with Crippen molar-refractivity contribution >= 4 is 23.2 Å². The van der Waals surface area contributed by atoms with Gasteiger partial charge in [0.05, 0.1) is 12.3 Å². The number of rotatable bonds is 3. The topological polar surface area (TPSA) is 43.6 Å². The fourth-order valence-electron chi connectivity index (χ4n) is 2.30. The highest BCUT2D eigenvalue weighted by molar-refractivity contribution is 6.30. The fourth-order valence-corrected chi connectivity index (χ4v) is 2.54. The number of imidazole rings is 1. The predicted octanol–water partition coefficient (Wildman–Crippen LogP) is 3.97.